The first kappa shape index (κ1) is 17.9. The zero-order chi connectivity index (χ0) is 18.5. The van der Waals surface area contributed by atoms with Crippen LogP contribution in [0.3, 0.4) is 0 Å². The molecule has 0 aliphatic heterocycles. The van der Waals surface area contributed by atoms with Crippen LogP contribution in [0.25, 0.3) is 17.0 Å². The van der Waals surface area contributed by atoms with Crippen molar-refractivity contribution in [2.75, 3.05) is 11.9 Å². The van der Waals surface area contributed by atoms with Crippen LogP contribution in [0, 0.1) is 0 Å². The Balaban J connectivity index is 1.71. The van der Waals surface area contributed by atoms with E-state index < -0.39 is 0 Å². The summed E-state index contributed by atoms with van der Waals surface area (Å²) in [5.41, 5.74) is 2.86. The van der Waals surface area contributed by atoms with Crippen LogP contribution in [0.15, 0.2) is 59.1 Å². The number of aromatic amines is 1. The number of rotatable bonds is 5. The number of benzene rings is 2. The van der Waals surface area contributed by atoms with E-state index in [2.05, 4.69) is 26.2 Å². The summed E-state index contributed by atoms with van der Waals surface area (Å²) in [5.74, 6) is -0.614. The van der Waals surface area contributed by atoms with Gasteiger partial charge in [-0.25, -0.2) is 4.79 Å². The molecule has 2 aromatic carbocycles. The molecule has 0 fully saturated rings. The van der Waals surface area contributed by atoms with Crippen LogP contribution in [0.1, 0.15) is 23.0 Å². The minimum Gasteiger partial charge on any atom is -0.463 e. The van der Waals surface area contributed by atoms with Crippen LogP contribution < -0.4 is 5.32 Å². The number of amides is 1. The van der Waals surface area contributed by atoms with Crippen molar-refractivity contribution >= 4 is 50.5 Å². The number of para-hydroxylation sites is 1. The van der Waals surface area contributed by atoms with Crippen LogP contribution in [0.2, 0.25) is 0 Å². The Morgan fingerprint density at radius 1 is 1.15 bits per heavy atom. The van der Waals surface area contributed by atoms with Gasteiger partial charge in [-0.1, -0.05) is 30.3 Å². The van der Waals surface area contributed by atoms with Crippen LogP contribution in [0.4, 0.5) is 5.69 Å². The molecule has 0 saturated carbocycles. The number of aromatic nitrogens is 1. The van der Waals surface area contributed by atoms with Gasteiger partial charge in [0, 0.05) is 22.7 Å². The number of hydrogen-bond acceptors (Lipinski definition) is 3. The van der Waals surface area contributed by atoms with Gasteiger partial charge in [0.05, 0.1) is 11.1 Å². The standard InChI is InChI=1S/C20H17BrN2O3/c1-2-26-17(24)12-9-13-7-10-14(11-8-13)22-20(25)19-18(21)15-5-3-4-6-16(15)23-19/h3-12,23H,2H2,1H3,(H,22,25). The molecule has 1 amide bonds. The number of carbonyl (C=O) groups is 2. The van der Waals surface area contributed by atoms with Gasteiger partial charge in [-0.2, -0.15) is 0 Å². The van der Waals surface area contributed by atoms with Gasteiger partial charge in [0.1, 0.15) is 5.69 Å². The number of fused-ring (bicyclic) bond motifs is 1. The molecule has 3 rings (SSSR count). The zero-order valence-corrected chi connectivity index (χ0v) is 15.7. The quantitative estimate of drug-likeness (QED) is 0.468. The minimum absolute atomic E-state index is 0.233. The average molecular weight is 413 g/mol. The smallest absolute Gasteiger partial charge is 0.330 e. The molecular formula is C20H17BrN2O3. The van der Waals surface area contributed by atoms with Gasteiger partial charge in [-0.15, -0.1) is 0 Å². The molecule has 132 valence electrons. The molecule has 0 aliphatic carbocycles. The van der Waals surface area contributed by atoms with Crippen molar-refractivity contribution in [3.05, 3.63) is 70.3 Å². The van der Waals surface area contributed by atoms with Gasteiger partial charge in [-0.05, 0) is 52.7 Å². The lowest BCUT2D eigenvalue weighted by Gasteiger charge is -2.05. The van der Waals surface area contributed by atoms with Gasteiger partial charge in [0.2, 0.25) is 0 Å². The molecule has 0 atom stereocenters. The maximum atomic E-state index is 12.5. The topological polar surface area (TPSA) is 71.2 Å². The molecule has 1 heterocycles. The second-order valence-corrected chi connectivity index (χ2v) is 6.31. The van der Waals surface area contributed by atoms with Crippen LogP contribution >= 0.6 is 15.9 Å². The molecule has 0 aliphatic rings. The van der Waals surface area contributed by atoms with Crippen molar-refractivity contribution in [3.63, 3.8) is 0 Å². The Bertz CT molecular complexity index is 974. The van der Waals surface area contributed by atoms with E-state index in [-0.39, 0.29) is 11.9 Å². The highest BCUT2D eigenvalue weighted by atomic mass is 79.9. The lowest BCUT2D eigenvalue weighted by Crippen LogP contribution is -2.12. The summed E-state index contributed by atoms with van der Waals surface area (Å²) in [6.45, 7) is 2.10. The predicted molar refractivity (Wildman–Crippen MR) is 106 cm³/mol. The second kappa shape index (κ2) is 8.01. The number of halogens is 1. The lowest BCUT2D eigenvalue weighted by molar-refractivity contribution is -0.137. The molecule has 26 heavy (non-hydrogen) atoms. The van der Waals surface area contributed by atoms with Crippen molar-refractivity contribution in [2.45, 2.75) is 6.92 Å². The van der Waals surface area contributed by atoms with E-state index in [0.717, 1.165) is 20.9 Å². The fraction of sp³-hybridized carbons (Fsp3) is 0.100. The van der Waals surface area contributed by atoms with Gasteiger partial charge >= 0.3 is 5.97 Å². The zero-order valence-electron chi connectivity index (χ0n) is 14.1. The molecule has 3 aromatic rings. The number of carbonyl (C=O) groups excluding carboxylic acids is 2. The van der Waals surface area contributed by atoms with Crippen molar-refractivity contribution < 1.29 is 14.3 Å². The van der Waals surface area contributed by atoms with E-state index in [1.807, 2.05) is 36.4 Å². The van der Waals surface area contributed by atoms with Crippen molar-refractivity contribution in [1.82, 2.24) is 4.98 Å². The Morgan fingerprint density at radius 2 is 1.88 bits per heavy atom. The molecule has 2 N–H and O–H groups in total. The molecule has 6 heteroatoms. The number of ether oxygens (including phenoxy) is 1. The summed E-state index contributed by atoms with van der Waals surface area (Å²) in [5, 5.41) is 3.81. The van der Waals surface area contributed by atoms with Gasteiger partial charge in [-0.3, -0.25) is 4.79 Å². The molecular weight excluding hydrogens is 396 g/mol. The van der Waals surface area contributed by atoms with Crippen molar-refractivity contribution in [2.24, 2.45) is 0 Å². The van der Waals surface area contributed by atoms with E-state index in [4.69, 9.17) is 4.74 Å². The number of esters is 1. The van der Waals surface area contributed by atoms with Crippen molar-refractivity contribution in [3.8, 4) is 0 Å². The third kappa shape index (κ3) is 4.03. The molecule has 0 unspecified atom stereocenters. The van der Waals surface area contributed by atoms with E-state index in [1.54, 1.807) is 25.1 Å². The number of nitrogens with one attached hydrogen (secondary N) is 2. The summed E-state index contributed by atoms with van der Waals surface area (Å²) in [6.07, 6.45) is 3.04. The predicted octanol–water partition coefficient (Wildman–Crippen LogP) is 4.76. The van der Waals surface area contributed by atoms with E-state index in [0.29, 0.717) is 18.0 Å². The summed E-state index contributed by atoms with van der Waals surface area (Å²) in [4.78, 5) is 27.0. The second-order valence-electron chi connectivity index (χ2n) is 5.52. The first-order valence-electron chi connectivity index (χ1n) is 8.11. The number of H-pyrrole nitrogens is 1. The number of hydrogen-bond donors (Lipinski definition) is 2. The first-order chi connectivity index (χ1) is 12.6. The summed E-state index contributed by atoms with van der Waals surface area (Å²) < 4.78 is 5.57. The summed E-state index contributed by atoms with van der Waals surface area (Å²) >= 11 is 3.48. The third-order valence-corrected chi connectivity index (χ3v) is 4.56. The fourth-order valence-corrected chi connectivity index (χ4v) is 3.11. The van der Waals surface area contributed by atoms with Crippen LogP contribution in [-0.2, 0) is 9.53 Å². The minimum atomic E-state index is -0.381. The Hall–Kier alpha value is -2.86. The molecule has 0 spiro atoms. The molecule has 0 bridgehead atoms. The summed E-state index contributed by atoms with van der Waals surface area (Å²) in [7, 11) is 0. The highest BCUT2D eigenvalue weighted by molar-refractivity contribution is 9.10. The Kier molecular flexibility index (Phi) is 5.53. The molecule has 0 radical (unpaired) electrons. The third-order valence-electron chi connectivity index (χ3n) is 3.74. The lowest BCUT2D eigenvalue weighted by atomic mass is 10.2. The van der Waals surface area contributed by atoms with Crippen LogP contribution in [-0.4, -0.2) is 23.5 Å². The van der Waals surface area contributed by atoms with E-state index >= 15 is 0 Å². The Morgan fingerprint density at radius 3 is 2.58 bits per heavy atom. The molecule has 5 nitrogen and oxygen atoms in total. The highest BCUT2D eigenvalue weighted by Crippen LogP contribution is 2.28. The van der Waals surface area contributed by atoms with Crippen molar-refractivity contribution in [1.29, 1.82) is 0 Å². The monoisotopic (exact) mass is 412 g/mol. The molecule has 1 aromatic heterocycles. The summed E-state index contributed by atoms with van der Waals surface area (Å²) in [6, 6.07) is 14.9. The van der Waals surface area contributed by atoms with Gasteiger partial charge in [0.15, 0.2) is 0 Å². The van der Waals surface area contributed by atoms with Gasteiger partial charge in [0.25, 0.3) is 5.91 Å². The highest BCUT2D eigenvalue weighted by Gasteiger charge is 2.15. The maximum Gasteiger partial charge on any atom is 0.330 e. The Labute approximate surface area is 159 Å². The maximum absolute atomic E-state index is 12.5. The number of anilines is 1. The molecule has 0 saturated heterocycles. The van der Waals surface area contributed by atoms with E-state index in [9.17, 15) is 9.59 Å². The normalized spacial score (nSPS) is 11.0. The largest absolute Gasteiger partial charge is 0.463 e. The first-order valence-corrected chi connectivity index (χ1v) is 8.90. The van der Waals surface area contributed by atoms with Crippen LogP contribution in [0.5, 0.6) is 0 Å². The fourth-order valence-electron chi connectivity index (χ4n) is 2.49. The van der Waals surface area contributed by atoms with Gasteiger partial charge < -0.3 is 15.0 Å². The SMILES string of the molecule is CCOC(=O)C=Cc1ccc(NC(=O)c2[nH]c3ccccc3c2Br)cc1. The van der Waals surface area contributed by atoms with E-state index in [1.165, 1.54) is 6.08 Å². The average Bonchev–Trinajstić information content (AvgIpc) is 2.99.